The van der Waals surface area contributed by atoms with Gasteiger partial charge in [-0.15, -0.1) is 0 Å². The molecule has 3 rings (SSSR count). The first-order chi connectivity index (χ1) is 15.5. The Bertz CT molecular complexity index is 992. The molecule has 168 valence electrons. The monoisotopic (exact) mass is 435 g/mol. The first-order valence-corrected chi connectivity index (χ1v) is 10.7. The number of rotatable bonds is 10. The summed E-state index contributed by atoms with van der Waals surface area (Å²) in [6.45, 7) is 6.87. The maximum Gasteiger partial charge on any atom is 0.295 e. The average Bonchev–Trinajstić information content (AvgIpc) is 3.08. The van der Waals surface area contributed by atoms with Crippen LogP contribution in [0.4, 0.5) is 0 Å². The van der Waals surface area contributed by atoms with E-state index in [0.29, 0.717) is 37.5 Å². The first kappa shape index (κ1) is 23.3. The van der Waals surface area contributed by atoms with E-state index in [9.17, 15) is 14.7 Å². The molecule has 0 radical (unpaired) electrons. The van der Waals surface area contributed by atoms with Crippen molar-refractivity contribution in [3.05, 3.63) is 83.4 Å². The molecule has 0 bridgehead atoms. The van der Waals surface area contributed by atoms with Crippen LogP contribution >= 0.6 is 0 Å². The molecule has 0 aromatic heterocycles. The highest BCUT2D eigenvalue weighted by molar-refractivity contribution is 6.46. The van der Waals surface area contributed by atoms with E-state index in [2.05, 4.69) is 13.5 Å². The number of aliphatic hydroxyl groups is 1. The van der Waals surface area contributed by atoms with Gasteiger partial charge in [0.15, 0.2) is 0 Å². The Kier molecular flexibility index (Phi) is 7.84. The van der Waals surface area contributed by atoms with E-state index in [1.807, 2.05) is 24.3 Å². The number of carbonyl (C=O) groups is 2. The maximum absolute atomic E-state index is 13.0. The standard InChI is InChI=1S/C26H29NO5/c1-4-16-32-21-13-11-20(12-14-21)24(28)22-23(19-9-7-18(5-2)8-10-19)27(15-6-17-31-3)26(30)25(22)29/h4,7-14,23,28H,1,5-6,15-17H2,2-3H3/t23-/m1/s1. The number of amides is 1. The second-order valence-electron chi connectivity index (χ2n) is 7.56. The van der Waals surface area contributed by atoms with Gasteiger partial charge in [-0.2, -0.15) is 0 Å². The van der Waals surface area contributed by atoms with Gasteiger partial charge in [0.25, 0.3) is 11.7 Å². The van der Waals surface area contributed by atoms with Crippen molar-refractivity contribution in [1.29, 1.82) is 0 Å². The Morgan fingerprint density at radius 1 is 1.12 bits per heavy atom. The van der Waals surface area contributed by atoms with E-state index in [-0.39, 0.29) is 11.3 Å². The third kappa shape index (κ3) is 4.92. The molecule has 2 aromatic carbocycles. The summed E-state index contributed by atoms with van der Waals surface area (Å²) in [6.07, 6.45) is 3.11. The zero-order valence-corrected chi connectivity index (χ0v) is 18.5. The van der Waals surface area contributed by atoms with E-state index in [4.69, 9.17) is 9.47 Å². The number of benzene rings is 2. The van der Waals surface area contributed by atoms with Crippen molar-refractivity contribution < 1.29 is 24.2 Å². The molecule has 1 N–H and O–H groups in total. The van der Waals surface area contributed by atoms with Crippen LogP contribution in [0, 0.1) is 0 Å². The molecule has 32 heavy (non-hydrogen) atoms. The number of hydrogen-bond donors (Lipinski definition) is 1. The van der Waals surface area contributed by atoms with E-state index in [0.717, 1.165) is 17.5 Å². The number of aryl methyl sites for hydroxylation is 1. The summed E-state index contributed by atoms with van der Waals surface area (Å²) in [4.78, 5) is 27.4. The predicted octanol–water partition coefficient (Wildman–Crippen LogP) is 4.27. The minimum atomic E-state index is -0.684. The molecule has 2 aromatic rings. The second kappa shape index (κ2) is 10.8. The Labute approximate surface area is 188 Å². The number of aliphatic hydroxyl groups excluding tert-OH is 1. The number of likely N-dealkylation sites (tertiary alicyclic amines) is 1. The number of ether oxygens (including phenoxy) is 2. The quantitative estimate of drug-likeness (QED) is 0.198. The summed E-state index contributed by atoms with van der Waals surface area (Å²) in [5.41, 5.74) is 2.48. The second-order valence-corrected chi connectivity index (χ2v) is 7.56. The first-order valence-electron chi connectivity index (χ1n) is 10.7. The fraction of sp³-hybridized carbons (Fsp3) is 0.308. The summed E-state index contributed by atoms with van der Waals surface area (Å²) in [5, 5.41) is 11.1. The third-order valence-electron chi connectivity index (χ3n) is 5.49. The van der Waals surface area contributed by atoms with Gasteiger partial charge in [-0.1, -0.05) is 43.8 Å². The molecule has 1 atom stereocenters. The highest BCUT2D eigenvalue weighted by atomic mass is 16.5. The lowest BCUT2D eigenvalue weighted by molar-refractivity contribution is -0.140. The minimum absolute atomic E-state index is 0.0939. The molecule has 1 aliphatic rings. The molecule has 1 heterocycles. The molecule has 1 fully saturated rings. The number of ketones is 1. The van der Waals surface area contributed by atoms with Crippen LogP contribution in [0.5, 0.6) is 5.75 Å². The largest absolute Gasteiger partial charge is 0.507 e. The Balaban J connectivity index is 2.03. The number of hydrogen-bond acceptors (Lipinski definition) is 5. The highest BCUT2D eigenvalue weighted by Crippen LogP contribution is 2.39. The molecule has 6 heteroatoms. The van der Waals surface area contributed by atoms with E-state index < -0.39 is 17.7 Å². The lowest BCUT2D eigenvalue weighted by Crippen LogP contribution is -2.31. The van der Waals surface area contributed by atoms with Crippen LogP contribution in [-0.2, 0) is 20.7 Å². The zero-order valence-electron chi connectivity index (χ0n) is 18.5. The number of Topliss-reactive ketones (excluding diaryl/α,β-unsaturated/α-hetero) is 1. The highest BCUT2D eigenvalue weighted by Gasteiger charge is 2.45. The van der Waals surface area contributed by atoms with E-state index in [1.54, 1.807) is 37.5 Å². The summed E-state index contributed by atoms with van der Waals surface area (Å²) in [6, 6.07) is 13.9. The number of nitrogens with zero attached hydrogens (tertiary/aromatic N) is 1. The van der Waals surface area contributed by atoms with Crippen LogP contribution < -0.4 is 4.74 Å². The van der Waals surface area contributed by atoms with Crippen LogP contribution in [0.15, 0.2) is 66.8 Å². The van der Waals surface area contributed by atoms with Crippen LogP contribution in [0.1, 0.15) is 36.1 Å². The van der Waals surface area contributed by atoms with Crippen LogP contribution in [0.25, 0.3) is 5.76 Å². The van der Waals surface area contributed by atoms with E-state index >= 15 is 0 Å². The maximum atomic E-state index is 13.0. The van der Waals surface area contributed by atoms with Gasteiger partial charge < -0.3 is 19.5 Å². The topological polar surface area (TPSA) is 76.1 Å². The molecule has 1 saturated heterocycles. The van der Waals surface area contributed by atoms with Crippen molar-refractivity contribution in [2.75, 3.05) is 26.9 Å². The van der Waals surface area contributed by atoms with Gasteiger partial charge in [0.05, 0.1) is 11.6 Å². The zero-order chi connectivity index (χ0) is 23.1. The summed E-state index contributed by atoms with van der Waals surface area (Å²) in [7, 11) is 1.59. The lowest BCUT2D eigenvalue weighted by atomic mass is 9.94. The van der Waals surface area contributed by atoms with E-state index in [1.165, 1.54) is 4.90 Å². The van der Waals surface area contributed by atoms with Gasteiger partial charge in [-0.25, -0.2) is 0 Å². The molecular weight excluding hydrogens is 406 g/mol. The van der Waals surface area contributed by atoms with Crippen LogP contribution in [0.3, 0.4) is 0 Å². The molecule has 0 saturated carbocycles. The van der Waals surface area contributed by atoms with Crippen molar-refractivity contribution in [2.45, 2.75) is 25.8 Å². The fourth-order valence-electron chi connectivity index (χ4n) is 3.79. The van der Waals surface area contributed by atoms with Crippen molar-refractivity contribution in [3.8, 4) is 5.75 Å². The van der Waals surface area contributed by atoms with Crippen LogP contribution in [0.2, 0.25) is 0 Å². The molecule has 0 spiro atoms. The number of carbonyl (C=O) groups excluding carboxylic acids is 2. The Morgan fingerprint density at radius 2 is 1.81 bits per heavy atom. The fourth-order valence-corrected chi connectivity index (χ4v) is 3.79. The summed E-state index contributed by atoms with van der Waals surface area (Å²) < 4.78 is 10.6. The van der Waals surface area contributed by atoms with Crippen molar-refractivity contribution in [1.82, 2.24) is 4.90 Å². The van der Waals surface area contributed by atoms with Gasteiger partial charge in [0.2, 0.25) is 0 Å². The van der Waals surface area contributed by atoms with Gasteiger partial charge in [0, 0.05) is 25.8 Å². The molecular formula is C26H29NO5. The van der Waals surface area contributed by atoms with Gasteiger partial charge in [0.1, 0.15) is 18.1 Å². The Morgan fingerprint density at radius 3 is 2.41 bits per heavy atom. The third-order valence-corrected chi connectivity index (χ3v) is 5.49. The van der Waals surface area contributed by atoms with Crippen molar-refractivity contribution in [2.24, 2.45) is 0 Å². The molecule has 0 unspecified atom stereocenters. The summed E-state index contributed by atoms with van der Waals surface area (Å²) >= 11 is 0. The molecule has 6 nitrogen and oxygen atoms in total. The average molecular weight is 436 g/mol. The van der Waals surface area contributed by atoms with Crippen LogP contribution in [-0.4, -0.2) is 48.6 Å². The van der Waals surface area contributed by atoms with Gasteiger partial charge >= 0.3 is 0 Å². The predicted molar refractivity (Wildman–Crippen MR) is 123 cm³/mol. The molecule has 0 aliphatic carbocycles. The van der Waals surface area contributed by atoms with Gasteiger partial charge in [-0.05, 0) is 48.2 Å². The van der Waals surface area contributed by atoms with Crippen molar-refractivity contribution >= 4 is 17.4 Å². The minimum Gasteiger partial charge on any atom is -0.507 e. The molecule has 1 aliphatic heterocycles. The van der Waals surface area contributed by atoms with Gasteiger partial charge in [-0.3, -0.25) is 9.59 Å². The van der Waals surface area contributed by atoms with Crippen molar-refractivity contribution in [3.63, 3.8) is 0 Å². The normalized spacial score (nSPS) is 17.6. The Hall–Kier alpha value is -3.38. The lowest BCUT2D eigenvalue weighted by Gasteiger charge is -2.25. The smallest absolute Gasteiger partial charge is 0.295 e. The SMILES string of the molecule is C=CCOc1ccc(C(O)=C2C(=O)C(=O)N(CCCOC)[C@@H]2c2ccc(CC)cc2)cc1. The summed E-state index contributed by atoms with van der Waals surface area (Å²) in [5.74, 6) is -0.875. The molecule has 1 amide bonds. The number of methoxy groups -OCH3 is 1.